The molecule has 5 aliphatic heterocycles. The lowest BCUT2D eigenvalue weighted by Gasteiger charge is -2.34. The van der Waals surface area contributed by atoms with E-state index in [2.05, 4.69) is 211 Å². The van der Waals surface area contributed by atoms with Gasteiger partial charge in [-0.05, 0) is 237 Å². The maximum atomic E-state index is 13.9. The van der Waals surface area contributed by atoms with Gasteiger partial charge in [0.05, 0.1) is 46.3 Å². The molecule has 3 fully saturated rings. The molecule has 0 bridgehead atoms. The van der Waals surface area contributed by atoms with Crippen molar-refractivity contribution >= 4 is 17.1 Å². The second kappa shape index (κ2) is 60.5. The summed E-state index contributed by atoms with van der Waals surface area (Å²) >= 11 is 0. The summed E-state index contributed by atoms with van der Waals surface area (Å²) in [4.78, 5) is 9.29. The van der Waals surface area contributed by atoms with Gasteiger partial charge in [0.15, 0.2) is 75.2 Å². The number of anilines is 3. The molecule has 760 valence electrons. The second-order valence-electron chi connectivity index (χ2n) is 38.0. The first-order chi connectivity index (χ1) is 65.2. The quantitative estimate of drug-likeness (QED) is 0.0533. The number of morpholine rings is 2. The number of halogens is 11. The number of ether oxygens (including phenoxy) is 8. The lowest BCUT2D eigenvalue weighted by molar-refractivity contribution is 0.122. The van der Waals surface area contributed by atoms with Crippen LogP contribution in [0.15, 0.2) is 182 Å². The molecule has 3 saturated heterocycles. The Bertz CT molecular complexity index is 5090. The molecule has 0 radical (unpaired) electrons. The first-order valence-electron chi connectivity index (χ1n) is 48.3. The molecule has 15 rings (SSSR count). The summed E-state index contributed by atoms with van der Waals surface area (Å²) in [6, 6.07) is 54.1. The van der Waals surface area contributed by atoms with Gasteiger partial charge in [-0.3, -0.25) is 0 Å². The van der Waals surface area contributed by atoms with Gasteiger partial charge in [-0.25, -0.2) is 48.3 Å². The fourth-order valence-electron chi connectivity index (χ4n) is 14.2. The van der Waals surface area contributed by atoms with Gasteiger partial charge in [0.2, 0.25) is 6.79 Å². The Morgan fingerprint density at radius 2 is 0.601 bits per heavy atom. The van der Waals surface area contributed by atoms with Gasteiger partial charge in [-0.2, -0.15) is 0 Å². The van der Waals surface area contributed by atoms with E-state index in [4.69, 9.17) is 37.9 Å². The summed E-state index contributed by atoms with van der Waals surface area (Å²) in [5, 5.41) is 3.31. The molecule has 10 aromatic carbocycles. The van der Waals surface area contributed by atoms with Gasteiger partial charge < -0.3 is 62.8 Å². The molecule has 24 heteroatoms. The van der Waals surface area contributed by atoms with Crippen molar-refractivity contribution in [3.8, 4) is 34.5 Å². The predicted molar refractivity (Wildman–Crippen MR) is 544 cm³/mol. The van der Waals surface area contributed by atoms with Crippen LogP contribution in [0.25, 0.3) is 0 Å². The fourth-order valence-corrected chi connectivity index (χ4v) is 14.2. The van der Waals surface area contributed by atoms with E-state index >= 15 is 0 Å². The Balaban J connectivity index is 0.000000269. The second-order valence-corrected chi connectivity index (χ2v) is 38.0. The van der Waals surface area contributed by atoms with Crippen molar-refractivity contribution in [3.63, 3.8) is 0 Å². The third kappa shape index (κ3) is 41.1. The smallest absolute Gasteiger partial charge is 0.231 e. The zero-order valence-corrected chi connectivity index (χ0v) is 86.6. The topological polar surface area (TPSA) is 98.8 Å². The number of piperazine rings is 1. The van der Waals surface area contributed by atoms with E-state index in [1.54, 1.807) is 54.0 Å². The van der Waals surface area contributed by atoms with Crippen LogP contribution in [0.3, 0.4) is 0 Å². The van der Waals surface area contributed by atoms with Gasteiger partial charge in [0, 0.05) is 87.9 Å². The molecule has 13 nitrogen and oxygen atoms in total. The van der Waals surface area contributed by atoms with E-state index in [9.17, 15) is 48.3 Å². The van der Waals surface area contributed by atoms with Crippen LogP contribution < -0.4 is 48.4 Å². The molecule has 10 aromatic rings. The summed E-state index contributed by atoms with van der Waals surface area (Å²) < 4.78 is 182. The van der Waals surface area contributed by atoms with Crippen molar-refractivity contribution in [2.24, 2.45) is 0 Å². The van der Waals surface area contributed by atoms with E-state index in [-0.39, 0.29) is 35.1 Å². The number of hydrogen-bond donors (Lipinski definition) is 1. The number of benzene rings is 10. The lowest BCUT2D eigenvalue weighted by atomic mass is 10.0. The van der Waals surface area contributed by atoms with Crippen LogP contribution in [0.5, 0.6) is 34.5 Å². The van der Waals surface area contributed by atoms with Crippen LogP contribution in [-0.2, 0) is 9.47 Å². The summed E-state index contributed by atoms with van der Waals surface area (Å²) in [5.41, 5.74) is 13.3. The average Bonchev–Trinajstić information content (AvgIpc) is 1.78. The van der Waals surface area contributed by atoms with Gasteiger partial charge >= 0.3 is 0 Å². The van der Waals surface area contributed by atoms with Crippen molar-refractivity contribution in [1.82, 2.24) is 10.2 Å². The fraction of sp³-hybridized carbons (Fsp3) is 0.474. The summed E-state index contributed by atoms with van der Waals surface area (Å²) in [7, 11) is 5.49. The summed E-state index contributed by atoms with van der Waals surface area (Å²) in [5.74, 6) is -0.623. The highest BCUT2D eigenvalue weighted by Crippen LogP contribution is 2.37. The van der Waals surface area contributed by atoms with Crippen molar-refractivity contribution in [2.75, 3.05) is 135 Å². The lowest BCUT2D eigenvalue weighted by Crippen LogP contribution is -2.44. The van der Waals surface area contributed by atoms with Crippen LogP contribution in [0, 0.1) is 64.0 Å². The molecule has 0 spiro atoms. The standard InChI is InChI=1S/C14H22N2.C13H18FNO.C13H19NO.C11H14O2.C11H16O2.C10H12O2.2C9H9F3.2C9H10F2.C6H15N/c1-12(2)13-4-6-14(7-5-13)16-10-8-15(3)9-11-16;1-10(2)11-3-4-13(12(14)9-11)15-5-7-16-8-6-15;1-11(2)12-3-5-13(6-4-12)14-7-9-15-10-8-14;1-8(2)9-3-4-10-11(7-9)13-6-5-12-10;1-8(2)9-5-6-10(12-3)11(7-9)13-4;1-7(2)8-3-4-9-10(5-8)12-6-11-9;1-5(2)6-3-8(11)9(12)4-7(6)10;1-5(2)6-3-7(10)9(12)8(11)4-6;1-6(2)7-3-8(10)5-9(11)4-7;1-6(2)7-3-4-8(10)9(11)5-7;1-5(2)7-6(3)4/h4-7,12H,8-11H2,1-3H3;3-4,9-10H,5-8H2,1-2H3;3-6,11H,7-10H2,1-2H3;3-4,7-8H,5-6H2,1-2H3;5-8H,1-4H3;3-5,7H,6H2,1-2H3;2*3-5H,1-2H3;2*3-6H,1-2H3;5-7H,1-4H3. The Morgan fingerprint density at radius 3 is 1.01 bits per heavy atom. The highest BCUT2D eigenvalue weighted by molar-refractivity contribution is 5.52. The minimum atomic E-state index is -1.40. The predicted octanol–water partition coefficient (Wildman–Crippen LogP) is 30.0. The van der Waals surface area contributed by atoms with Crippen molar-refractivity contribution < 1.29 is 86.2 Å². The Labute approximate surface area is 817 Å². The van der Waals surface area contributed by atoms with E-state index in [1.165, 1.54) is 70.5 Å². The van der Waals surface area contributed by atoms with Gasteiger partial charge in [-0.15, -0.1) is 0 Å². The zero-order valence-electron chi connectivity index (χ0n) is 86.6. The highest BCUT2D eigenvalue weighted by atomic mass is 19.2. The van der Waals surface area contributed by atoms with E-state index in [0.717, 1.165) is 128 Å². The number of nitrogens with one attached hydrogen (secondary N) is 1. The number of nitrogens with zero attached hydrogens (tertiary/aromatic N) is 4. The van der Waals surface area contributed by atoms with E-state index in [0.29, 0.717) is 104 Å². The number of methoxy groups -OCH3 is 2. The molecule has 0 atom stereocenters. The minimum Gasteiger partial charge on any atom is -0.493 e. The molecule has 0 aliphatic carbocycles. The molecule has 5 heterocycles. The van der Waals surface area contributed by atoms with Crippen LogP contribution in [-0.4, -0.2) is 137 Å². The third-order valence-corrected chi connectivity index (χ3v) is 22.9. The number of rotatable bonds is 17. The summed E-state index contributed by atoms with van der Waals surface area (Å²) in [6.45, 7) is 62.3. The molecular weight excluding hydrogens is 1780 g/mol. The average molecular weight is 1930 g/mol. The zero-order chi connectivity index (χ0) is 103. The summed E-state index contributed by atoms with van der Waals surface area (Å²) in [6.07, 6.45) is 0. The third-order valence-electron chi connectivity index (χ3n) is 22.9. The van der Waals surface area contributed by atoms with Crippen LogP contribution in [0.2, 0.25) is 0 Å². The highest BCUT2D eigenvalue weighted by Gasteiger charge is 2.22. The molecule has 138 heavy (non-hydrogen) atoms. The maximum absolute atomic E-state index is 13.9. The van der Waals surface area contributed by atoms with Crippen molar-refractivity contribution in [1.29, 1.82) is 0 Å². The monoisotopic (exact) mass is 1930 g/mol. The largest absolute Gasteiger partial charge is 0.493 e. The molecule has 0 unspecified atom stereocenters. The van der Waals surface area contributed by atoms with Gasteiger partial charge in [0.25, 0.3) is 0 Å². The van der Waals surface area contributed by atoms with Crippen LogP contribution in [0.1, 0.15) is 281 Å². The first kappa shape index (κ1) is 118. The molecule has 0 aromatic heterocycles. The van der Waals surface area contributed by atoms with E-state index < -0.39 is 58.2 Å². The maximum Gasteiger partial charge on any atom is 0.231 e. The van der Waals surface area contributed by atoms with Crippen molar-refractivity contribution in [3.05, 3.63) is 302 Å². The molecule has 0 saturated carbocycles. The Morgan fingerprint density at radius 1 is 0.261 bits per heavy atom. The Kier molecular flexibility index (Phi) is 51.7. The van der Waals surface area contributed by atoms with Gasteiger partial charge in [-0.1, -0.05) is 221 Å². The Hall–Kier alpha value is -10.5. The van der Waals surface area contributed by atoms with Gasteiger partial charge in [0.1, 0.15) is 36.5 Å². The van der Waals surface area contributed by atoms with E-state index in [1.807, 2.05) is 75.1 Å². The number of fused-ring (bicyclic) bond motifs is 2. The molecule has 1 N–H and O–H groups in total. The van der Waals surface area contributed by atoms with Crippen LogP contribution >= 0.6 is 0 Å². The molecular formula is C114H154F11N5O8. The minimum absolute atomic E-state index is 0.00500. The first-order valence-corrected chi connectivity index (χ1v) is 48.3. The van der Waals surface area contributed by atoms with Crippen LogP contribution in [0.4, 0.5) is 65.4 Å². The normalized spacial score (nSPS) is 13.6. The SMILES string of the molecule is CC(C)NC(C)C.CC(C)c1cc(F)c(F)c(F)c1.CC(C)c1cc(F)c(F)cc1F.CC(C)c1cc(F)cc(F)c1.CC(C)c1ccc(F)c(F)c1.CC(C)c1ccc(N2CCN(C)CC2)cc1.CC(C)c1ccc(N2CCOCC2)c(F)c1.CC(C)c1ccc(N2CCOCC2)cc1.CC(C)c1ccc2c(c1)OCCO2.CC(C)c1ccc2c(c1)OCO2.COc1ccc(C(C)C)cc1OC. The molecule has 0 amide bonds. The number of likely N-dealkylation sites (N-methyl/N-ethyl adjacent to an activating group) is 1. The number of hydrogen-bond acceptors (Lipinski definition) is 13. The van der Waals surface area contributed by atoms with Crippen molar-refractivity contribution in [2.45, 2.75) is 237 Å². The molecule has 5 aliphatic rings.